The molecule has 1 aliphatic heterocycles. The lowest BCUT2D eigenvalue weighted by Gasteiger charge is -2.25. The quantitative estimate of drug-likeness (QED) is 0.881. The van der Waals surface area contributed by atoms with E-state index in [0.29, 0.717) is 12.0 Å². The van der Waals surface area contributed by atoms with Gasteiger partial charge in [-0.25, -0.2) is 0 Å². The fourth-order valence-electron chi connectivity index (χ4n) is 2.85. The highest BCUT2D eigenvalue weighted by Gasteiger charge is 2.32. The van der Waals surface area contributed by atoms with Gasteiger partial charge in [-0.1, -0.05) is 19.1 Å². The number of likely N-dealkylation sites (tertiary alicyclic amines) is 1. The summed E-state index contributed by atoms with van der Waals surface area (Å²) in [5.74, 6) is 0.669. The molecule has 0 aromatic heterocycles. The Hall–Kier alpha value is -1.37. The molecule has 1 heterocycles. The van der Waals surface area contributed by atoms with Gasteiger partial charge in [0.05, 0.1) is 11.6 Å². The maximum atomic E-state index is 8.84. The van der Waals surface area contributed by atoms with Crippen LogP contribution in [0.1, 0.15) is 30.5 Å². The molecule has 1 saturated heterocycles. The molecule has 1 aromatic rings. The maximum Gasteiger partial charge on any atom is 0.0991 e. The van der Waals surface area contributed by atoms with Gasteiger partial charge in [0, 0.05) is 6.04 Å². The zero-order valence-electron chi connectivity index (χ0n) is 11.2. The highest BCUT2D eigenvalue weighted by molar-refractivity contribution is 5.33. The minimum Gasteiger partial charge on any atom is -0.317 e. The van der Waals surface area contributed by atoms with Gasteiger partial charge in [0.25, 0.3) is 0 Å². The van der Waals surface area contributed by atoms with E-state index in [4.69, 9.17) is 5.26 Å². The number of nitrogens with zero attached hydrogens (tertiary/aromatic N) is 2. The van der Waals surface area contributed by atoms with Crippen LogP contribution in [0.3, 0.4) is 0 Å². The Morgan fingerprint density at radius 3 is 2.72 bits per heavy atom. The second kappa shape index (κ2) is 5.99. The third-order valence-electron chi connectivity index (χ3n) is 3.81. The van der Waals surface area contributed by atoms with Gasteiger partial charge in [0.15, 0.2) is 0 Å². The van der Waals surface area contributed by atoms with Crippen LogP contribution < -0.4 is 5.32 Å². The van der Waals surface area contributed by atoms with Crippen molar-refractivity contribution in [1.82, 2.24) is 10.2 Å². The average Bonchev–Trinajstić information content (AvgIpc) is 2.77. The van der Waals surface area contributed by atoms with E-state index >= 15 is 0 Å². The molecule has 1 N–H and O–H groups in total. The number of nitrogens with one attached hydrogen (secondary N) is 1. The van der Waals surface area contributed by atoms with E-state index in [-0.39, 0.29) is 0 Å². The Labute approximate surface area is 109 Å². The van der Waals surface area contributed by atoms with Gasteiger partial charge >= 0.3 is 0 Å². The van der Waals surface area contributed by atoms with E-state index in [1.54, 1.807) is 0 Å². The molecule has 96 valence electrons. The minimum absolute atomic E-state index is 0.483. The first kappa shape index (κ1) is 13.1. The Morgan fingerprint density at radius 2 is 2.11 bits per heavy atom. The minimum atomic E-state index is 0.483. The molecular formula is C15H21N3. The zero-order chi connectivity index (χ0) is 13.0. The Kier molecular flexibility index (Phi) is 4.35. The summed E-state index contributed by atoms with van der Waals surface area (Å²) in [7, 11) is 2.19. The number of benzene rings is 1. The normalized spacial score (nSPS) is 24.1. The van der Waals surface area contributed by atoms with E-state index in [1.807, 2.05) is 12.1 Å². The molecule has 3 heteroatoms. The van der Waals surface area contributed by atoms with Crippen molar-refractivity contribution in [2.45, 2.75) is 19.4 Å². The van der Waals surface area contributed by atoms with Crippen molar-refractivity contribution in [3.8, 4) is 6.07 Å². The number of hydrogen-bond donors (Lipinski definition) is 1. The topological polar surface area (TPSA) is 39.1 Å². The van der Waals surface area contributed by atoms with E-state index in [9.17, 15) is 0 Å². The molecule has 2 rings (SSSR count). The molecule has 1 aliphatic rings. The molecule has 0 bridgehead atoms. The Bertz CT molecular complexity index is 418. The van der Waals surface area contributed by atoms with Gasteiger partial charge in [-0.3, -0.25) is 4.90 Å². The number of hydrogen-bond acceptors (Lipinski definition) is 3. The van der Waals surface area contributed by atoms with Crippen molar-refractivity contribution >= 4 is 0 Å². The summed E-state index contributed by atoms with van der Waals surface area (Å²) in [6.45, 7) is 5.40. The highest BCUT2D eigenvalue weighted by atomic mass is 15.2. The maximum absolute atomic E-state index is 8.84. The van der Waals surface area contributed by atoms with Crippen LogP contribution in [0.2, 0.25) is 0 Å². The van der Waals surface area contributed by atoms with Gasteiger partial charge in [0.1, 0.15) is 0 Å². The first-order chi connectivity index (χ1) is 8.76. The average molecular weight is 243 g/mol. The number of rotatable bonds is 4. The lowest BCUT2D eigenvalue weighted by atomic mass is 9.93. The van der Waals surface area contributed by atoms with Gasteiger partial charge in [-0.2, -0.15) is 5.26 Å². The Balaban J connectivity index is 2.14. The molecule has 1 aromatic carbocycles. The smallest absolute Gasteiger partial charge is 0.0991 e. The fourth-order valence-corrected chi connectivity index (χ4v) is 2.85. The first-order valence-corrected chi connectivity index (χ1v) is 6.67. The zero-order valence-corrected chi connectivity index (χ0v) is 11.2. The van der Waals surface area contributed by atoms with Gasteiger partial charge in [-0.15, -0.1) is 0 Å². The molecule has 0 amide bonds. The van der Waals surface area contributed by atoms with Crippen LogP contribution in [0.4, 0.5) is 0 Å². The molecule has 2 atom stereocenters. The monoisotopic (exact) mass is 243 g/mol. The van der Waals surface area contributed by atoms with Crippen LogP contribution >= 0.6 is 0 Å². The summed E-state index contributed by atoms with van der Waals surface area (Å²) in [5, 5.41) is 12.3. The van der Waals surface area contributed by atoms with Crippen molar-refractivity contribution in [2.24, 2.45) is 5.92 Å². The summed E-state index contributed by atoms with van der Waals surface area (Å²) in [5.41, 5.74) is 2.07. The second-order valence-electron chi connectivity index (χ2n) is 5.02. The largest absolute Gasteiger partial charge is 0.317 e. The Morgan fingerprint density at radius 1 is 1.39 bits per heavy atom. The summed E-state index contributed by atoms with van der Waals surface area (Å²) in [6, 6.07) is 10.7. The van der Waals surface area contributed by atoms with Crippen molar-refractivity contribution in [1.29, 1.82) is 5.26 Å². The van der Waals surface area contributed by atoms with Crippen molar-refractivity contribution in [3.63, 3.8) is 0 Å². The third kappa shape index (κ3) is 2.72. The van der Waals surface area contributed by atoms with Gasteiger partial charge < -0.3 is 5.32 Å². The molecule has 0 saturated carbocycles. The SMILES string of the molecule is CCNCC1CCN(C)C1c1ccc(C#N)cc1. The van der Waals surface area contributed by atoms with Crippen molar-refractivity contribution in [2.75, 3.05) is 26.7 Å². The lowest BCUT2D eigenvalue weighted by Crippen LogP contribution is -2.28. The van der Waals surface area contributed by atoms with E-state index < -0.39 is 0 Å². The summed E-state index contributed by atoms with van der Waals surface area (Å²) in [6.07, 6.45) is 1.24. The van der Waals surface area contributed by atoms with Crippen molar-refractivity contribution in [3.05, 3.63) is 35.4 Å². The predicted molar refractivity (Wildman–Crippen MR) is 73.2 cm³/mol. The third-order valence-corrected chi connectivity index (χ3v) is 3.81. The van der Waals surface area contributed by atoms with Crippen LogP contribution in [0.25, 0.3) is 0 Å². The highest BCUT2D eigenvalue weighted by Crippen LogP contribution is 2.35. The fraction of sp³-hybridized carbons (Fsp3) is 0.533. The van der Waals surface area contributed by atoms with Crippen LogP contribution in [0.5, 0.6) is 0 Å². The molecule has 3 nitrogen and oxygen atoms in total. The summed E-state index contributed by atoms with van der Waals surface area (Å²) < 4.78 is 0. The first-order valence-electron chi connectivity index (χ1n) is 6.67. The van der Waals surface area contributed by atoms with Crippen LogP contribution in [-0.2, 0) is 0 Å². The molecule has 0 aliphatic carbocycles. The molecule has 0 radical (unpaired) electrons. The van der Waals surface area contributed by atoms with Crippen molar-refractivity contribution < 1.29 is 0 Å². The van der Waals surface area contributed by atoms with Gasteiger partial charge in [0.2, 0.25) is 0 Å². The second-order valence-corrected chi connectivity index (χ2v) is 5.02. The molecule has 0 spiro atoms. The molecule has 1 fully saturated rings. The summed E-state index contributed by atoms with van der Waals surface area (Å²) in [4.78, 5) is 2.42. The predicted octanol–water partition coefficient (Wildman–Crippen LogP) is 2.16. The molecule has 18 heavy (non-hydrogen) atoms. The van der Waals surface area contributed by atoms with E-state index in [0.717, 1.165) is 25.2 Å². The molecule has 2 unspecified atom stereocenters. The number of nitriles is 1. The van der Waals surface area contributed by atoms with E-state index in [1.165, 1.54) is 12.0 Å². The summed E-state index contributed by atoms with van der Waals surface area (Å²) >= 11 is 0. The lowest BCUT2D eigenvalue weighted by molar-refractivity contribution is 0.273. The van der Waals surface area contributed by atoms with Crippen LogP contribution in [-0.4, -0.2) is 31.6 Å². The standard InChI is InChI=1S/C15H21N3/c1-3-17-11-14-8-9-18(2)15(14)13-6-4-12(10-16)5-7-13/h4-7,14-15,17H,3,8-9,11H2,1-2H3. The molecular weight excluding hydrogens is 222 g/mol. The van der Waals surface area contributed by atoms with E-state index in [2.05, 4.69) is 42.4 Å². The van der Waals surface area contributed by atoms with Gasteiger partial charge in [-0.05, 0) is 56.7 Å². The van der Waals surface area contributed by atoms with Crippen LogP contribution in [0.15, 0.2) is 24.3 Å². The van der Waals surface area contributed by atoms with Crippen LogP contribution in [0, 0.1) is 17.2 Å².